The van der Waals surface area contributed by atoms with Gasteiger partial charge in [-0.25, -0.2) is 4.39 Å². The first-order valence-electron chi connectivity index (χ1n) is 9.83. The van der Waals surface area contributed by atoms with E-state index in [0.717, 1.165) is 44.5 Å². The van der Waals surface area contributed by atoms with Crippen molar-refractivity contribution in [2.75, 3.05) is 39.3 Å². The molecule has 27 heavy (non-hydrogen) atoms. The Bertz CT molecular complexity index is 663. The average molecular weight is 376 g/mol. The number of nitrogens with zero attached hydrogens (tertiary/aromatic N) is 2. The van der Waals surface area contributed by atoms with Crippen molar-refractivity contribution in [3.05, 3.63) is 35.6 Å². The van der Waals surface area contributed by atoms with Crippen LogP contribution in [0.15, 0.2) is 24.3 Å². The lowest BCUT2D eigenvalue weighted by molar-refractivity contribution is -0.137. The number of halogens is 1. The Morgan fingerprint density at radius 1 is 1.26 bits per heavy atom. The number of hydrogen-bond donors (Lipinski definition) is 2. The second kappa shape index (κ2) is 9.28. The Kier molecular flexibility index (Phi) is 6.79. The summed E-state index contributed by atoms with van der Waals surface area (Å²) in [6.07, 6.45) is 3.22. The van der Waals surface area contributed by atoms with Gasteiger partial charge in [0.2, 0.25) is 11.8 Å². The summed E-state index contributed by atoms with van der Waals surface area (Å²) in [6, 6.07) is 5.93. The maximum Gasteiger partial charge on any atom is 0.244 e. The minimum Gasteiger partial charge on any atom is -0.343 e. The number of amides is 2. The number of piperidine rings is 1. The summed E-state index contributed by atoms with van der Waals surface area (Å²) in [5, 5.41) is 6.14. The van der Waals surface area contributed by atoms with Gasteiger partial charge in [-0.1, -0.05) is 12.1 Å². The summed E-state index contributed by atoms with van der Waals surface area (Å²) in [6.45, 7) is 5.64. The standard InChI is InChI=1S/C20H29FN4O2/c1-15(20(27)24-9-3-2-4-10-24)23-19(26)14-25-11-8-22-13-18(25)16-6-5-7-17(21)12-16/h5-7,12,15,18,22H,2-4,8-11,13-14H2,1H3,(H,23,26). The van der Waals surface area contributed by atoms with Gasteiger partial charge < -0.3 is 15.5 Å². The monoisotopic (exact) mass is 376 g/mol. The van der Waals surface area contributed by atoms with Crippen molar-refractivity contribution < 1.29 is 14.0 Å². The molecule has 2 N–H and O–H groups in total. The number of carbonyl (C=O) groups is 2. The Balaban J connectivity index is 1.57. The van der Waals surface area contributed by atoms with Gasteiger partial charge >= 0.3 is 0 Å². The van der Waals surface area contributed by atoms with Crippen molar-refractivity contribution in [3.63, 3.8) is 0 Å². The van der Waals surface area contributed by atoms with E-state index in [1.807, 2.05) is 15.9 Å². The molecule has 2 atom stereocenters. The lowest BCUT2D eigenvalue weighted by Crippen LogP contribution is -2.53. The van der Waals surface area contributed by atoms with Crippen LogP contribution in [0.4, 0.5) is 4.39 Å². The highest BCUT2D eigenvalue weighted by atomic mass is 19.1. The van der Waals surface area contributed by atoms with Crippen molar-refractivity contribution in [2.45, 2.75) is 38.3 Å². The molecule has 0 aromatic heterocycles. The van der Waals surface area contributed by atoms with E-state index in [2.05, 4.69) is 10.6 Å². The van der Waals surface area contributed by atoms with Crippen molar-refractivity contribution in [1.82, 2.24) is 20.4 Å². The highest BCUT2D eigenvalue weighted by Crippen LogP contribution is 2.22. The van der Waals surface area contributed by atoms with Gasteiger partial charge in [-0.05, 0) is 43.9 Å². The molecule has 7 heteroatoms. The summed E-state index contributed by atoms with van der Waals surface area (Å²) >= 11 is 0. The summed E-state index contributed by atoms with van der Waals surface area (Å²) in [5.41, 5.74) is 0.854. The summed E-state index contributed by atoms with van der Waals surface area (Å²) in [4.78, 5) is 28.9. The molecule has 2 heterocycles. The molecule has 2 fully saturated rings. The average Bonchev–Trinajstić information content (AvgIpc) is 2.68. The van der Waals surface area contributed by atoms with Gasteiger partial charge in [-0.15, -0.1) is 0 Å². The third-order valence-electron chi connectivity index (χ3n) is 5.35. The number of piperazine rings is 1. The highest BCUT2D eigenvalue weighted by molar-refractivity contribution is 5.88. The van der Waals surface area contributed by atoms with E-state index in [0.29, 0.717) is 13.1 Å². The first-order valence-corrected chi connectivity index (χ1v) is 9.83. The van der Waals surface area contributed by atoms with Crippen LogP contribution in [0.3, 0.4) is 0 Å². The fourth-order valence-corrected chi connectivity index (χ4v) is 3.90. The van der Waals surface area contributed by atoms with Gasteiger partial charge in [0.1, 0.15) is 11.9 Å². The molecule has 3 rings (SSSR count). The van der Waals surface area contributed by atoms with Gasteiger partial charge in [0.15, 0.2) is 0 Å². The van der Waals surface area contributed by atoms with Crippen LogP contribution in [-0.4, -0.2) is 66.9 Å². The van der Waals surface area contributed by atoms with Gasteiger partial charge in [0, 0.05) is 38.8 Å². The fourth-order valence-electron chi connectivity index (χ4n) is 3.90. The summed E-state index contributed by atoms with van der Waals surface area (Å²) in [5.74, 6) is -0.454. The van der Waals surface area contributed by atoms with Gasteiger partial charge in [0.05, 0.1) is 6.54 Å². The second-order valence-electron chi connectivity index (χ2n) is 7.42. The van der Waals surface area contributed by atoms with E-state index in [1.54, 1.807) is 13.0 Å². The zero-order valence-electron chi connectivity index (χ0n) is 15.9. The van der Waals surface area contributed by atoms with Crippen LogP contribution < -0.4 is 10.6 Å². The van der Waals surface area contributed by atoms with Crippen molar-refractivity contribution in [1.29, 1.82) is 0 Å². The molecule has 148 valence electrons. The van der Waals surface area contributed by atoms with Gasteiger partial charge in [0.25, 0.3) is 0 Å². The molecule has 2 unspecified atom stereocenters. The number of benzene rings is 1. The molecule has 1 aromatic carbocycles. The largest absolute Gasteiger partial charge is 0.343 e. The zero-order chi connectivity index (χ0) is 19.2. The number of likely N-dealkylation sites (tertiary alicyclic amines) is 1. The minimum absolute atomic E-state index is 0.00922. The molecule has 2 saturated heterocycles. The zero-order valence-corrected chi connectivity index (χ0v) is 15.9. The minimum atomic E-state index is -0.522. The third-order valence-corrected chi connectivity index (χ3v) is 5.35. The molecular formula is C20H29FN4O2. The first-order chi connectivity index (χ1) is 13.0. The smallest absolute Gasteiger partial charge is 0.244 e. The summed E-state index contributed by atoms with van der Waals surface area (Å²) < 4.78 is 13.6. The highest BCUT2D eigenvalue weighted by Gasteiger charge is 2.28. The SMILES string of the molecule is CC(NC(=O)CN1CCNCC1c1cccc(F)c1)C(=O)N1CCCCC1. The van der Waals surface area contributed by atoms with Crippen molar-refractivity contribution >= 4 is 11.8 Å². The number of hydrogen-bond acceptors (Lipinski definition) is 4. The van der Waals surface area contributed by atoms with E-state index < -0.39 is 6.04 Å². The molecule has 2 aliphatic rings. The normalized spacial score (nSPS) is 22.3. The number of carbonyl (C=O) groups excluding carboxylic acids is 2. The fraction of sp³-hybridized carbons (Fsp3) is 0.600. The van der Waals surface area contributed by atoms with E-state index in [1.165, 1.54) is 12.1 Å². The predicted molar refractivity (Wildman–Crippen MR) is 102 cm³/mol. The van der Waals surface area contributed by atoms with Crippen LogP contribution in [0.25, 0.3) is 0 Å². The van der Waals surface area contributed by atoms with Crippen LogP contribution in [0.1, 0.15) is 37.8 Å². The molecule has 0 saturated carbocycles. The lowest BCUT2D eigenvalue weighted by atomic mass is 10.0. The maximum absolute atomic E-state index is 13.6. The molecule has 0 bridgehead atoms. The van der Waals surface area contributed by atoms with Crippen LogP contribution in [0.5, 0.6) is 0 Å². The van der Waals surface area contributed by atoms with Gasteiger partial charge in [-0.2, -0.15) is 0 Å². The Morgan fingerprint density at radius 2 is 2.04 bits per heavy atom. The van der Waals surface area contributed by atoms with Crippen LogP contribution in [0, 0.1) is 5.82 Å². The van der Waals surface area contributed by atoms with E-state index in [9.17, 15) is 14.0 Å². The van der Waals surface area contributed by atoms with E-state index >= 15 is 0 Å². The Labute approximate surface area is 160 Å². The van der Waals surface area contributed by atoms with E-state index in [4.69, 9.17) is 0 Å². The van der Waals surface area contributed by atoms with Crippen LogP contribution in [-0.2, 0) is 9.59 Å². The molecule has 2 amide bonds. The van der Waals surface area contributed by atoms with Crippen molar-refractivity contribution in [2.24, 2.45) is 0 Å². The summed E-state index contributed by atoms with van der Waals surface area (Å²) in [7, 11) is 0. The molecule has 0 aliphatic carbocycles. The van der Waals surface area contributed by atoms with E-state index in [-0.39, 0.29) is 30.2 Å². The topological polar surface area (TPSA) is 64.7 Å². The molecule has 6 nitrogen and oxygen atoms in total. The van der Waals surface area contributed by atoms with Crippen molar-refractivity contribution in [3.8, 4) is 0 Å². The molecular weight excluding hydrogens is 347 g/mol. The second-order valence-corrected chi connectivity index (χ2v) is 7.42. The third kappa shape index (κ3) is 5.26. The molecule has 0 spiro atoms. The molecule has 1 aromatic rings. The molecule has 0 radical (unpaired) electrons. The quantitative estimate of drug-likeness (QED) is 0.813. The Hall–Kier alpha value is -1.99. The number of rotatable bonds is 5. The van der Waals surface area contributed by atoms with Crippen LogP contribution in [0.2, 0.25) is 0 Å². The maximum atomic E-state index is 13.6. The Morgan fingerprint density at radius 3 is 2.78 bits per heavy atom. The number of nitrogens with one attached hydrogen (secondary N) is 2. The predicted octanol–water partition coefficient (Wildman–Crippen LogP) is 1.29. The first kappa shape index (κ1) is 19.8. The lowest BCUT2D eigenvalue weighted by Gasteiger charge is -2.36. The molecule has 2 aliphatic heterocycles. The van der Waals surface area contributed by atoms with Gasteiger partial charge in [-0.3, -0.25) is 14.5 Å². The van der Waals surface area contributed by atoms with Crippen LogP contribution >= 0.6 is 0 Å².